The Morgan fingerprint density at radius 3 is 2.74 bits per heavy atom. The summed E-state index contributed by atoms with van der Waals surface area (Å²) in [5.74, 6) is -0.786. The minimum atomic E-state index is -0.679. The zero-order valence-corrected chi connectivity index (χ0v) is 11.4. The van der Waals surface area contributed by atoms with Crippen molar-refractivity contribution in [2.24, 2.45) is 0 Å². The summed E-state index contributed by atoms with van der Waals surface area (Å²) in [6.45, 7) is 2.37. The molecule has 0 aliphatic heterocycles. The van der Waals surface area contributed by atoms with E-state index in [0.29, 0.717) is 13.2 Å². The van der Waals surface area contributed by atoms with Crippen LogP contribution in [0.2, 0.25) is 5.15 Å². The maximum Gasteiger partial charge on any atom is 0.272 e. The lowest BCUT2D eigenvalue weighted by molar-refractivity contribution is -0.122. The van der Waals surface area contributed by atoms with Crippen LogP contribution in [-0.2, 0) is 9.53 Å². The fraction of sp³-hybridized carbons (Fsp3) is 0.455. The molecule has 104 valence electrons. The highest BCUT2D eigenvalue weighted by Crippen LogP contribution is 2.01. The van der Waals surface area contributed by atoms with Gasteiger partial charge in [-0.15, -0.1) is 0 Å². The molecule has 0 aliphatic rings. The summed E-state index contributed by atoms with van der Waals surface area (Å²) in [6, 6.07) is -0.679. The molecule has 2 N–H and O–H groups in total. The van der Waals surface area contributed by atoms with E-state index >= 15 is 0 Å². The van der Waals surface area contributed by atoms with Crippen LogP contribution in [0.4, 0.5) is 0 Å². The number of hydrogen-bond donors (Lipinski definition) is 2. The SMILES string of the molecule is COCCNC(=O)C(C)NC(=O)c1cnc(Cl)cn1. The van der Waals surface area contributed by atoms with Crippen molar-refractivity contribution in [1.29, 1.82) is 0 Å². The topological polar surface area (TPSA) is 93.2 Å². The van der Waals surface area contributed by atoms with Gasteiger partial charge in [0.1, 0.15) is 16.9 Å². The van der Waals surface area contributed by atoms with Crippen molar-refractivity contribution in [3.8, 4) is 0 Å². The summed E-state index contributed by atoms with van der Waals surface area (Å²) < 4.78 is 4.80. The lowest BCUT2D eigenvalue weighted by atomic mass is 10.3. The third kappa shape index (κ3) is 5.19. The molecule has 1 heterocycles. The molecular formula is C11H15ClN4O3. The first kappa shape index (κ1) is 15.3. The third-order valence-corrected chi connectivity index (χ3v) is 2.39. The Labute approximate surface area is 115 Å². The number of amides is 2. The zero-order chi connectivity index (χ0) is 14.3. The minimum Gasteiger partial charge on any atom is -0.383 e. The average molecular weight is 287 g/mol. The Bertz CT molecular complexity index is 438. The molecule has 0 aromatic carbocycles. The van der Waals surface area contributed by atoms with Gasteiger partial charge >= 0.3 is 0 Å². The average Bonchev–Trinajstić information content (AvgIpc) is 2.39. The summed E-state index contributed by atoms with van der Waals surface area (Å²) in [4.78, 5) is 30.9. The Morgan fingerprint density at radius 2 is 2.16 bits per heavy atom. The zero-order valence-electron chi connectivity index (χ0n) is 10.6. The van der Waals surface area contributed by atoms with Gasteiger partial charge < -0.3 is 15.4 Å². The largest absolute Gasteiger partial charge is 0.383 e. The Morgan fingerprint density at radius 1 is 1.42 bits per heavy atom. The molecule has 0 saturated carbocycles. The van der Waals surface area contributed by atoms with Gasteiger partial charge in [0.2, 0.25) is 5.91 Å². The highest BCUT2D eigenvalue weighted by molar-refractivity contribution is 6.29. The predicted octanol–water partition coefficient (Wildman–Crippen LogP) is 0.0109. The minimum absolute atomic E-state index is 0.0981. The standard InChI is InChI=1S/C11H15ClN4O3/c1-7(10(17)13-3-4-19-2)16-11(18)8-5-15-9(12)6-14-8/h5-7H,3-4H2,1-2H3,(H,13,17)(H,16,18). The van der Waals surface area contributed by atoms with Gasteiger partial charge in [-0.1, -0.05) is 11.6 Å². The van der Waals surface area contributed by atoms with Crippen molar-refractivity contribution in [3.63, 3.8) is 0 Å². The van der Waals surface area contributed by atoms with Gasteiger partial charge in [-0.05, 0) is 6.92 Å². The number of rotatable bonds is 6. The van der Waals surface area contributed by atoms with E-state index in [4.69, 9.17) is 16.3 Å². The number of nitrogens with zero attached hydrogens (tertiary/aromatic N) is 2. The van der Waals surface area contributed by atoms with Crippen molar-refractivity contribution in [2.45, 2.75) is 13.0 Å². The van der Waals surface area contributed by atoms with Gasteiger partial charge in [0, 0.05) is 13.7 Å². The van der Waals surface area contributed by atoms with E-state index < -0.39 is 11.9 Å². The third-order valence-electron chi connectivity index (χ3n) is 2.20. The second-order valence-corrected chi connectivity index (χ2v) is 4.09. The number of methoxy groups -OCH3 is 1. The van der Waals surface area contributed by atoms with Crippen LogP contribution in [0, 0.1) is 0 Å². The van der Waals surface area contributed by atoms with E-state index in [1.807, 2.05) is 0 Å². The van der Waals surface area contributed by atoms with Crippen LogP contribution >= 0.6 is 11.6 Å². The van der Waals surface area contributed by atoms with Crippen LogP contribution in [0.15, 0.2) is 12.4 Å². The van der Waals surface area contributed by atoms with Crippen molar-refractivity contribution in [1.82, 2.24) is 20.6 Å². The summed E-state index contributed by atoms with van der Waals surface area (Å²) >= 11 is 5.56. The summed E-state index contributed by atoms with van der Waals surface area (Å²) in [6.07, 6.45) is 2.51. The molecule has 0 fully saturated rings. The molecule has 0 radical (unpaired) electrons. The van der Waals surface area contributed by atoms with E-state index in [0.717, 1.165) is 0 Å². The predicted molar refractivity (Wildman–Crippen MR) is 68.9 cm³/mol. The molecular weight excluding hydrogens is 272 g/mol. The van der Waals surface area contributed by atoms with Gasteiger partial charge in [0.05, 0.1) is 19.0 Å². The highest BCUT2D eigenvalue weighted by atomic mass is 35.5. The van der Waals surface area contributed by atoms with E-state index in [9.17, 15) is 9.59 Å². The molecule has 1 unspecified atom stereocenters. The molecule has 1 rings (SSSR count). The Balaban J connectivity index is 2.47. The lowest BCUT2D eigenvalue weighted by Crippen LogP contribution is -2.45. The van der Waals surface area contributed by atoms with Crippen LogP contribution < -0.4 is 10.6 Å². The smallest absolute Gasteiger partial charge is 0.272 e. The van der Waals surface area contributed by atoms with Crippen LogP contribution in [0.1, 0.15) is 17.4 Å². The molecule has 19 heavy (non-hydrogen) atoms. The number of ether oxygens (including phenoxy) is 1. The van der Waals surface area contributed by atoms with E-state index in [1.54, 1.807) is 6.92 Å². The first-order chi connectivity index (χ1) is 9.04. The highest BCUT2D eigenvalue weighted by Gasteiger charge is 2.17. The number of carbonyl (C=O) groups is 2. The number of halogens is 1. The molecule has 0 aliphatic carbocycles. The molecule has 2 amide bonds. The maximum atomic E-state index is 11.7. The second kappa shape index (κ2) is 7.65. The number of carbonyl (C=O) groups excluding carboxylic acids is 2. The van der Waals surface area contributed by atoms with Gasteiger partial charge in [-0.3, -0.25) is 9.59 Å². The Hall–Kier alpha value is -1.73. The van der Waals surface area contributed by atoms with Crippen molar-refractivity contribution < 1.29 is 14.3 Å². The quantitative estimate of drug-likeness (QED) is 0.719. The van der Waals surface area contributed by atoms with Crippen molar-refractivity contribution in [3.05, 3.63) is 23.2 Å². The van der Waals surface area contributed by atoms with E-state index in [-0.39, 0.29) is 16.8 Å². The van der Waals surface area contributed by atoms with E-state index in [1.165, 1.54) is 19.5 Å². The fourth-order valence-electron chi connectivity index (χ4n) is 1.20. The maximum absolute atomic E-state index is 11.7. The van der Waals surface area contributed by atoms with E-state index in [2.05, 4.69) is 20.6 Å². The first-order valence-corrected chi connectivity index (χ1v) is 5.97. The molecule has 0 saturated heterocycles. The number of nitrogens with one attached hydrogen (secondary N) is 2. The van der Waals surface area contributed by atoms with Gasteiger partial charge in [0.25, 0.3) is 5.91 Å². The molecule has 8 heteroatoms. The number of aromatic nitrogens is 2. The molecule has 1 atom stereocenters. The fourth-order valence-corrected chi connectivity index (χ4v) is 1.29. The normalized spacial score (nSPS) is 11.7. The molecule has 1 aromatic rings. The molecule has 0 spiro atoms. The molecule has 1 aromatic heterocycles. The van der Waals surface area contributed by atoms with Crippen LogP contribution in [0.3, 0.4) is 0 Å². The lowest BCUT2D eigenvalue weighted by Gasteiger charge is -2.13. The van der Waals surface area contributed by atoms with Crippen LogP contribution in [0.5, 0.6) is 0 Å². The van der Waals surface area contributed by atoms with Crippen LogP contribution in [-0.4, -0.2) is 48.1 Å². The van der Waals surface area contributed by atoms with Gasteiger partial charge in [-0.2, -0.15) is 0 Å². The Kier molecular flexibility index (Phi) is 6.17. The van der Waals surface area contributed by atoms with Gasteiger partial charge in [0.15, 0.2) is 0 Å². The van der Waals surface area contributed by atoms with Gasteiger partial charge in [-0.25, -0.2) is 9.97 Å². The molecule has 7 nitrogen and oxygen atoms in total. The van der Waals surface area contributed by atoms with Crippen molar-refractivity contribution >= 4 is 23.4 Å². The summed E-state index contributed by atoms with van der Waals surface area (Å²) in [5.41, 5.74) is 0.0981. The van der Waals surface area contributed by atoms with Crippen LogP contribution in [0.25, 0.3) is 0 Å². The van der Waals surface area contributed by atoms with Crippen molar-refractivity contribution in [2.75, 3.05) is 20.3 Å². The summed E-state index contributed by atoms with van der Waals surface area (Å²) in [5, 5.41) is 5.31. The monoisotopic (exact) mass is 286 g/mol. The number of hydrogen-bond acceptors (Lipinski definition) is 5. The molecule has 0 bridgehead atoms. The summed E-state index contributed by atoms with van der Waals surface area (Å²) in [7, 11) is 1.54. The first-order valence-electron chi connectivity index (χ1n) is 5.59. The second-order valence-electron chi connectivity index (χ2n) is 3.70.